The minimum Gasteiger partial charge on any atom is -0.492 e. The van der Waals surface area contributed by atoms with Gasteiger partial charge in [-0.05, 0) is 77.5 Å². The molecule has 0 spiro atoms. The minimum atomic E-state index is -0.238. The Bertz CT molecular complexity index is 877. The lowest BCUT2D eigenvalue weighted by atomic mass is 10.1. The summed E-state index contributed by atoms with van der Waals surface area (Å²) >= 11 is 3.49. The fourth-order valence-electron chi connectivity index (χ4n) is 3.13. The summed E-state index contributed by atoms with van der Waals surface area (Å²) in [4.78, 5) is 27.4. The molecule has 5 nitrogen and oxygen atoms in total. The molecule has 0 unspecified atom stereocenters. The summed E-state index contributed by atoms with van der Waals surface area (Å²) in [5.74, 6) is 1.04. The van der Waals surface area contributed by atoms with Crippen molar-refractivity contribution in [1.29, 1.82) is 0 Å². The Morgan fingerprint density at radius 2 is 1.74 bits per heavy atom. The summed E-state index contributed by atoms with van der Waals surface area (Å²) in [5.41, 5.74) is 1.69. The molecule has 0 bridgehead atoms. The van der Waals surface area contributed by atoms with E-state index in [0.717, 1.165) is 42.6 Å². The summed E-state index contributed by atoms with van der Waals surface area (Å²) in [6.45, 7) is 10.5. The van der Waals surface area contributed by atoms with Crippen LogP contribution < -0.4 is 10.1 Å². The molecule has 0 saturated heterocycles. The van der Waals surface area contributed by atoms with Crippen LogP contribution in [0.25, 0.3) is 0 Å². The van der Waals surface area contributed by atoms with Gasteiger partial charge in [0.15, 0.2) is 0 Å². The predicted octanol–water partition coefficient (Wildman–Crippen LogP) is 6.39. The van der Waals surface area contributed by atoms with Crippen LogP contribution in [0.3, 0.4) is 0 Å². The number of amides is 2. The van der Waals surface area contributed by atoms with Gasteiger partial charge in [0.2, 0.25) is 0 Å². The molecule has 0 radical (unpaired) electrons. The molecule has 2 rings (SSSR count). The number of ether oxygens (including phenoxy) is 1. The van der Waals surface area contributed by atoms with Crippen LogP contribution in [0.1, 0.15) is 67.7 Å². The zero-order valence-corrected chi connectivity index (χ0v) is 20.5. The van der Waals surface area contributed by atoms with Crippen LogP contribution in [-0.4, -0.2) is 36.4 Å². The Kier molecular flexibility index (Phi) is 10.0. The molecular formula is C25H33BrN2O3. The molecule has 0 atom stereocenters. The van der Waals surface area contributed by atoms with E-state index < -0.39 is 0 Å². The molecule has 2 aromatic carbocycles. The number of hydrogen-bond donors (Lipinski definition) is 1. The Morgan fingerprint density at radius 1 is 1.03 bits per heavy atom. The number of benzene rings is 2. The van der Waals surface area contributed by atoms with Crippen molar-refractivity contribution >= 4 is 33.4 Å². The summed E-state index contributed by atoms with van der Waals surface area (Å²) in [6, 6.07) is 12.4. The van der Waals surface area contributed by atoms with E-state index in [-0.39, 0.29) is 11.8 Å². The molecule has 0 heterocycles. The van der Waals surface area contributed by atoms with Gasteiger partial charge in [0.05, 0.1) is 11.1 Å². The van der Waals surface area contributed by atoms with Crippen molar-refractivity contribution in [1.82, 2.24) is 4.90 Å². The predicted molar refractivity (Wildman–Crippen MR) is 130 cm³/mol. The molecule has 2 aromatic rings. The SMILES string of the molecule is CCCN(CCC)C(=O)c1cccc(NC(=O)c2ccc(OCCC(C)C)c(Br)c2)c1. The molecule has 1 N–H and O–H groups in total. The van der Waals surface area contributed by atoms with Crippen LogP contribution in [0, 0.1) is 5.92 Å². The second-order valence-corrected chi connectivity index (χ2v) is 8.86. The zero-order chi connectivity index (χ0) is 22.8. The van der Waals surface area contributed by atoms with Gasteiger partial charge in [0.1, 0.15) is 5.75 Å². The second-order valence-electron chi connectivity index (χ2n) is 8.00. The number of anilines is 1. The average Bonchev–Trinajstić information content (AvgIpc) is 2.74. The topological polar surface area (TPSA) is 58.6 Å². The lowest BCUT2D eigenvalue weighted by Gasteiger charge is -2.21. The molecule has 31 heavy (non-hydrogen) atoms. The van der Waals surface area contributed by atoms with E-state index in [4.69, 9.17) is 4.74 Å². The van der Waals surface area contributed by atoms with Crippen LogP contribution in [0.15, 0.2) is 46.9 Å². The summed E-state index contributed by atoms with van der Waals surface area (Å²) in [7, 11) is 0. The molecule has 0 saturated carbocycles. The van der Waals surface area contributed by atoms with Gasteiger partial charge in [-0.15, -0.1) is 0 Å². The second kappa shape index (κ2) is 12.5. The van der Waals surface area contributed by atoms with Crippen molar-refractivity contribution in [2.24, 2.45) is 5.92 Å². The molecule has 0 aliphatic heterocycles. The first kappa shape index (κ1) is 24.9. The fourth-order valence-corrected chi connectivity index (χ4v) is 3.63. The van der Waals surface area contributed by atoms with Gasteiger partial charge < -0.3 is 15.0 Å². The Balaban J connectivity index is 2.07. The average molecular weight is 489 g/mol. The first-order valence-electron chi connectivity index (χ1n) is 11.0. The van der Waals surface area contributed by atoms with Crippen molar-refractivity contribution in [3.8, 4) is 5.75 Å². The Labute approximate surface area is 194 Å². The number of nitrogens with zero attached hydrogens (tertiary/aromatic N) is 1. The third kappa shape index (κ3) is 7.69. The van der Waals surface area contributed by atoms with E-state index in [0.29, 0.717) is 29.3 Å². The van der Waals surface area contributed by atoms with E-state index in [1.807, 2.05) is 4.90 Å². The third-order valence-corrected chi connectivity index (χ3v) is 5.41. The number of carbonyl (C=O) groups is 2. The molecular weight excluding hydrogens is 456 g/mol. The molecule has 2 amide bonds. The first-order chi connectivity index (χ1) is 14.8. The summed E-state index contributed by atoms with van der Waals surface area (Å²) in [6.07, 6.45) is 2.79. The van der Waals surface area contributed by atoms with Crippen LogP contribution in [0.4, 0.5) is 5.69 Å². The normalized spacial score (nSPS) is 10.8. The van der Waals surface area contributed by atoms with Gasteiger partial charge in [0.25, 0.3) is 11.8 Å². The van der Waals surface area contributed by atoms with Crippen molar-refractivity contribution in [3.05, 3.63) is 58.1 Å². The van der Waals surface area contributed by atoms with Crippen LogP contribution in [-0.2, 0) is 0 Å². The minimum absolute atomic E-state index is 0.00885. The van der Waals surface area contributed by atoms with Gasteiger partial charge in [-0.3, -0.25) is 9.59 Å². The number of nitrogens with one attached hydrogen (secondary N) is 1. The van der Waals surface area contributed by atoms with Gasteiger partial charge in [0, 0.05) is 29.9 Å². The molecule has 0 fully saturated rings. The highest BCUT2D eigenvalue weighted by Gasteiger charge is 2.16. The van der Waals surface area contributed by atoms with E-state index >= 15 is 0 Å². The Morgan fingerprint density at radius 3 is 2.35 bits per heavy atom. The molecule has 0 aliphatic carbocycles. The lowest BCUT2D eigenvalue weighted by molar-refractivity contribution is 0.0755. The van der Waals surface area contributed by atoms with Gasteiger partial charge in [-0.2, -0.15) is 0 Å². The molecule has 0 aliphatic rings. The van der Waals surface area contributed by atoms with E-state index in [2.05, 4.69) is 48.9 Å². The molecule has 0 aromatic heterocycles. The number of carbonyl (C=O) groups excluding carboxylic acids is 2. The van der Waals surface area contributed by atoms with E-state index in [9.17, 15) is 9.59 Å². The monoisotopic (exact) mass is 488 g/mol. The van der Waals surface area contributed by atoms with Crippen molar-refractivity contribution < 1.29 is 14.3 Å². The van der Waals surface area contributed by atoms with Gasteiger partial charge >= 0.3 is 0 Å². The summed E-state index contributed by atoms with van der Waals surface area (Å²) < 4.78 is 6.52. The van der Waals surface area contributed by atoms with Crippen LogP contribution in [0.5, 0.6) is 5.75 Å². The molecule has 6 heteroatoms. The van der Waals surface area contributed by atoms with Crippen LogP contribution >= 0.6 is 15.9 Å². The first-order valence-corrected chi connectivity index (χ1v) is 11.8. The zero-order valence-electron chi connectivity index (χ0n) is 18.9. The lowest BCUT2D eigenvalue weighted by Crippen LogP contribution is -2.32. The Hall–Kier alpha value is -2.34. The highest BCUT2D eigenvalue weighted by Crippen LogP contribution is 2.27. The maximum Gasteiger partial charge on any atom is 0.255 e. The largest absolute Gasteiger partial charge is 0.492 e. The molecule has 168 valence electrons. The van der Waals surface area contributed by atoms with E-state index in [1.165, 1.54) is 0 Å². The van der Waals surface area contributed by atoms with Crippen molar-refractivity contribution in [3.63, 3.8) is 0 Å². The van der Waals surface area contributed by atoms with Gasteiger partial charge in [-0.1, -0.05) is 33.8 Å². The fraction of sp³-hybridized carbons (Fsp3) is 0.440. The van der Waals surface area contributed by atoms with Crippen molar-refractivity contribution in [2.45, 2.75) is 47.0 Å². The highest BCUT2D eigenvalue weighted by atomic mass is 79.9. The number of halogens is 1. The maximum absolute atomic E-state index is 12.8. The van der Waals surface area contributed by atoms with E-state index in [1.54, 1.807) is 42.5 Å². The van der Waals surface area contributed by atoms with Gasteiger partial charge in [-0.25, -0.2) is 0 Å². The van der Waals surface area contributed by atoms with Crippen LogP contribution in [0.2, 0.25) is 0 Å². The quantitative estimate of drug-likeness (QED) is 0.398. The standard InChI is InChI=1S/C25H33BrN2O3/c1-5-13-28(14-6-2)25(30)20-8-7-9-21(16-20)27-24(29)19-10-11-23(22(26)17-19)31-15-12-18(3)4/h7-11,16-18H,5-6,12-15H2,1-4H3,(H,27,29). The highest BCUT2D eigenvalue weighted by molar-refractivity contribution is 9.10. The summed E-state index contributed by atoms with van der Waals surface area (Å²) in [5, 5.41) is 2.89. The third-order valence-electron chi connectivity index (χ3n) is 4.79. The smallest absolute Gasteiger partial charge is 0.255 e. The number of hydrogen-bond acceptors (Lipinski definition) is 3. The maximum atomic E-state index is 12.8. The number of rotatable bonds is 11. The van der Waals surface area contributed by atoms with Crippen molar-refractivity contribution in [2.75, 3.05) is 25.0 Å².